The summed E-state index contributed by atoms with van der Waals surface area (Å²) in [5.74, 6) is -0.990. The van der Waals surface area contributed by atoms with Crippen molar-refractivity contribution in [3.05, 3.63) is 45.2 Å². The maximum Gasteiger partial charge on any atom is 0.422 e. The number of carbonyl (C=O) groups excluding carboxylic acids is 1. The monoisotopic (exact) mass is 459 g/mol. The molecule has 0 bridgehead atoms. The van der Waals surface area contributed by atoms with E-state index in [2.05, 4.69) is 11.1 Å². The highest BCUT2D eigenvalue weighted by atomic mass is 35.5. The first kappa shape index (κ1) is 24.0. The standard InChI is InChI=1S/C20H21ClF3N3O2S/c1-19(2,3)27-11-13(6-4-5-9-25)18(30-27)26-17(28)15-10-14(21)7-8-16(15)29-12-20(22,23)24/h7-8,10-11H,4-6,12H2,1-3H3. The second kappa shape index (κ2) is 9.67. The number of hydrogen-bond donors (Lipinski definition) is 0. The van der Waals surface area contributed by atoms with Crippen molar-refractivity contribution in [3.8, 4) is 11.8 Å². The summed E-state index contributed by atoms with van der Waals surface area (Å²) in [5.41, 5.74) is 0.395. The molecule has 5 nitrogen and oxygen atoms in total. The van der Waals surface area contributed by atoms with Crippen LogP contribution in [0.2, 0.25) is 5.02 Å². The third-order valence-electron chi connectivity index (χ3n) is 3.89. The lowest BCUT2D eigenvalue weighted by atomic mass is 10.1. The number of nitriles is 1. The molecule has 0 aliphatic carbocycles. The molecule has 2 aromatic rings. The molecule has 2 rings (SSSR count). The first-order valence-corrected chi connectivity index (χ1v) is 10.2. The third-order valence-corrected chi connectivity index (χ3v) is 5.51. The molecule has 0 N–H and O–H groups in total. The normalized spacial score (nSPS) is 12.7. The first-order valence-electron chi connectivity index (χ1n) is 9.08. The lowest BCUT2D eigenvalue weighted by molar-refractivity contribution is -0.153. The maximum atomic E-state index is 12.8. The Morgan fingerprint density at radius 3 is 2.63 bits per heavy atom. The minimum absolute atomic E-state index is 0.148. The average molecular weight is 460 g/mol. The fraction of sp³-hybridized carbons (Fsp3) is 0.450. The van der Waals surface area contributed by atoms with Gasteiger partial charge in [-0.1, -0.05) is 11.6 Å². The number of hydrogen-bond acceptors (Lipinski definition) is 4. The van der Waals surface area contributed by atoms with Crippen LogP contribution in [0, 0.1) is 11.3 Å². The second-order valence-corrected chi connectivity index (χ2v) is 8.92. The number of halogens is 4. The Morgan fingerprint density at radius 2 is 2.03 bits per heavy atom. The van der Waals surface area contributed by atoms with Crippen molar-refractivity contribution in [2.24, 2.45) is 4.99 Å². The molecule has 0 atom stereocenters. The minimum atomic E-state index is -4.54. The highest BCUT2D eigenvalue weighted by Gasteiger charge is 2.29. The Bertz CT molecular complexity index is 1010. The van der Waals surface area contributed by atoms with E-state index in [1.54, 1.807) is 0 Å². The highest BCUT2D eigenvalue weighted by Crippen LogP contribution is 2.26. The highest BCUT2D eigenvalue weighted by molar-refractivity contribution is 7.04. The van der Waals surface area contributed by atoms with Gasteiger partial charge >= 0.3 is 6.18 Å². The van der Waals surface area contributed by atoms with Gasteiger partial charge in [0.05, 0.1) is 11.6 Å². The molecule has 162 valence electrons. The van der Waals surface area contributed by atoms with E-state index in [0.29, 0.717) is 23.9 Å². The van der Waals surface area contributed by atoms with Gasteiger partial charge in [0.1, 0.15) is 10.4 Å². The molecule has 0 aliphatic heterocycles. The summed E-state index contributed by atoms with van der Waals surface area (Å²) >= 11 is 7.20. The van der Waals surface area contributed by atoms with E-state index in [0.717, 1.165) is 5.56 Å². The van der Waals surface area contributed by atoms with Crippen LogP contribution in [0.3, 0.4) is 0 Å². The minimum Gasteiger partial charge on any atom is -0.483 e. The Balaban J connectivity index is 2.45. The zero-order valence-electron chi connectivity index (χ0n) is 16.7. The summed E-state index contributed by atoms with van der Waals surface area (Å²) in [5, 5.41) is 8.95. The fourth-order valence-corrected chi connectivity index (χ4v) is 3.64. The van der Waals surface area contributed by atoms with Gasteiger partial charge in [-0.25, -0.2) is 0 Å². The number of amides is 1. The van der Waals surface area contributed by atoms with Crippen LogP contribution in [-0.2, 0) is 12.0 Å². The number of benzene rings is 1. The lowest BCUT2D eigenvalue weighted by Gasteiger charge is -2.19. The van der Waals surface area contributed by atoms with Crippen molar-refractivity contribution in [3.63, 3.8) is 0 Å². The van der Waals surface area contributed by atoms with E-state index in [-0.39, 0.29) is 21.9 Å². The summed E-state index contributed by atoms with van der Waals surface area (Å²) in [6.07, 6.45) is -1.15. The largest absolute Gasteiger partial charge is 0.483 e. The van der Waals surface area contributed by atoms with Crippen LogP contribution in [0.25, 0.3) is 0 Å². The average Bonchev–Trinajstić information content (AvgIpc) is 3.03. The van der Waals surface area contributed by atoms with E-state index in [4.69, 9.17) is 21.6 Å². The van der Waals surface area contributed by atoms with Crippen LogP contribution >= 0.6 is 23.1 Å². The van der Waals surface area contributed by atoms with E-state index < -0.39 is 18.7 Å². The van der Waals surface area contributed by atoms with E-state index in [1.165, 1.54) is 29.7 Å². The molecule has 1 heterocycles. The SMILES string of the molecule is CC(C)(C)n1cc(CCCC#N)c(=NC(=O)c2cc(Cl)ccc2OCC(F)(F)F)s1. The summed E-state index contributed by atoms with van der Waals surface area (Å²) in [6.45, 7) is 4.45. The third kappa shape index (κ3) is 6.89. The van der Waals surface area contributed by atoms with Crippen molar-refractivity contribution in [2.45, 2.75) is 51.7 Å². The predicted octanol–water partition coefficient (Wildman–Crippen LogP) is 5.49. The maximum absolute atomic E-state index is 12.8. The van der Waals surface area contributed by atoms with E-state index in [9.17, 15) is 18.0 Å². The van der Waals surface area contributed by atoms with Crippen molar-refractivity contribution >= 4 is 29.0 Å². The van der Waals surface area contributed by atoms with Gasteiger partial charge in [0.2, 0.25) is 0 Å². The van der Waals surface area contributed by atoms with Crippen LogP contribution in [-0.4, -0.2) is 22.6 Å². The molecule has 0 saturated carbocycles. The van der Waals surface area contributed by atoms with Crippen molar-refractivity contribution in [2.75, 3.05) is 6.61 Å². The van der Waals surface area contributed by atoms with Gasteiger partial charge in [-0.05, 0) is 63.3 Å². The molecule has 1 aromatic carbocycles. The molecule has 10 heteroatoms. The molecular formula is C20H21ClF3N3O2S. The van der Waals surface area contributed by atoms with Gasteiger partial charge in [0.25, 0.3) is 5.91 Å². The van der Waals surface area contributed by atoms with Crippen LogP contribution in [0.15, 0.2) is 29.4 Å². The van der Waals surface area contributed by atoms with Crippen LogP contribution in [0.4, 0.5) is 13.2 Å². The summed E-state index contributed by atoms with van der Waals surface area (Å²) in [4.78, 5) is 17.0. The van der Waals surface area contributed by atoms with Crippen LogP contribution in [0.5, 0.6) is 5.75 Å². The smallest absolute Gasteiger partial charge is 0.422 e. The Hall–Kier alpha value is -2.31. The van der Waals surface area contributed by atoms with Crippen LogP contribution in [0.1, 0.15) is 49.5 Å². The molecule has 1 amide bonds. The zero-order valence-corrected chi connectivity index (χ0v) is 18.3. The number of aromatic nitrogens is 1. The van der Waals surface area contributed by atoms with Gasteiger partial charge in [-0.15, -0.1) is 0 Å². The molecule has 30 heavy (non-hydrogen) atoms. The number of nitrogens with zero attached hydrogens (tertiary/aromatic N) is 3. The molecule has 0 spiro atoms. The Labute approximate surface area is 181 Å². The number of alkyl halides is 3. The van der Waals surface area contributed by atoms with Crippen molar-refractivity contribution in [1.82, 2.24) is 3.96 Å². The molecule has 0 unspecified atom stereocenters. The number of aryl methyl sites for hydroxylation is 1. The van der Waals surface area contributed by atoms with Crippen LogP contribution < -0.4 is 9.41 Å². The Kier molecular flexibility index (Phi) is 7.72. The molecule has 1 aromatic heterocycles. The first-order chi connectivity index (χ1) is 13.9. The second-order valence-electron chi connectivity index (χ2n) is 7.52. The summed E-state index contributed by atoms with van der Waals surface area (Å²) in [6, 6.07) is 5.87. The fourth-order valence-electron chi connectivity index (χ4n) is 2.43. The topological polar surface area (TPSA) is 67.4 Å². The summed E-state index contributed by atoms with van der Waals surface area (Å²) in [7, 11) is 0. The van der Waals surface area contributed by atoms with Crippen molar-refractivity contribution < 1.29 is 22.7 Å². The van der Waals surface area contributed by atoms with Crippen molar-refractivity contribution in [1.29, 1.82) is 5.26 Å². The number of rotatable bonds is 6. The lowest BCUT2D eigenvalue weighted by Crippen LogP contribution is -2.20. The predicted molar refractivity (Wildman–Crippen MR) is 109 cm³/mol. The molecule has 0 fully saturated rings. The Morgan fingerprint density at radius 1 is 1.33 bits per heavy atom. The molecule has 0 aliphatic rings. The molecular weight excluding hydrogens is 439 g/mol. The van der Waals surface area contributed by atoms with E-state index in [1.807, 2.05) is 30.9 Å². The number of ether oxygens (including phenoxy) is 1. The zero-order chi connectivity index (χ0) is 22.5. The molecule has 0 radical (unpaired) electrons. The van der Waals surface area contributed by atoms with Gasteiger partial charge in [0.15, 0.2) is 6.61 Å². The summed E-state index contributed by atoms with van der Waals surface area (Å²) < 4.78 is 44.8. The number of unbranched alkanes of at least 4 members (excludes halogenated alkanes) is 1. The van der Waals surface area contributed by atoms with Gasteiger partial charge in [0, 0.05) is 28.7 Å². The van der Waals surface area contributed by atoms with E-state index >= 15 is 0 Å². The number of carbonyl (C=O) groups is 1. The van der Waals surface area contributed by atoms with Gasteiger partial charge in [-0.3, -0.25) is 8.75 Å². The van der Waals surface area contributed by atoms with Gasteiger partial charge < -0.3 is 4.74 Å². The molecule has 0 saturated heterocycles. The quantitative estimate of drug-likeness (QED) is 0.536. The van der Waals surface area contributed by atoms with Gasteiger partial charge in [-0.2, -0.15) is 23.4 Å².